The quantitative estimate of drug-likeness (QED) is 0.515. The van der Waals surface area contributed by atoms with Crippen molar-refractivity contribution in [2.45, 2.75) is 51.9 Å². The fourth-order valence-electron chi connectivity index (χ4n) is 3.98. The summed E-state index contributed by atoms with van der Waals surface area (Å²) in [6.45, 7) is 9.41. The number of fused-ring (bicyclic) bond motifs is 1. The summed E-state index contributed by atoms with van der Waals surface area (Å²) in [6, 6.07) is 4.82. The number of rotatable bonds is 8. The minimum absolute atomic E-state index is 0.0172. The van der Waals surface area contributed by atoms with Gasteiger partial charge in [-0.1, -0.05) is 41.4 Å². The molecule has 0 aliphatic carbocycles. The third-order valence-electron chi connectivity index (χ3n) is 5.98. The van der Waals surface area contributed by atoms with Crippen LogP contribution < -0.4 is 15.5 Å². The molecule has 0 spiro atoms. The molecule has 2 aromatic rings. The number of nitrogens with one attached hydrogen (secondary N) is 3. The molecular formula is C22H30ClF3N5O+. The number of alkyl halides is 3. The van der Waals surface area contributed by atoms with Crippen molar-refractivity contribution in [2.24, 2.45) is 0 Å². The molecule has 1 amide bonds. The maximum absolute atomic E-state index is 13.9. The van der Waals surface area contributed by atoms with Gasteiger partial charge in [-0.2, -0.15) is 18.3 Å². The highest BCUT2D eigenvalue weighted by Gasteiger charge is 2.47. The Labute approximate surface area is 191 Å². The van der Waals surface area contributed by atoms with Crippen LogP contribution in [-0.4, -0.2) is 48.0 Å². The van der Waals surface area contributed by atoms with Crippen LogP contribution in [0.15, 0.2) is 24.3 Å². The van der Waals surface area contributed by atoms with Crippen LogP contribution in [-0.2, 0) is 0 Å². The number of carbonyl (C=O) groups is 1. The van der Waals surface area contributed by atoms with Gasteiger partial charge in [-0.15, -0.1) is 0 Å². The van der Waals surface area contributed by atoms with Crippen molar-refractivity contribution in [1.82, 2.24) is 15.1 Å². The molecule has 1 aromatic heterocycles. The van der Waals surface area contributed by atoms with Gasteiger partial charge < -0.3 is 15.5 Å². The Hall–Kier alpha value is -2.26. The number of carbonyl (C=O) groups excluding carboxylic acids is 1. The second-order valence-corrected chi connectivity index (χ2v) is 8.55. The van der Waals surface area contributed by atoms with Crippen LogP contribution in [0.4, 0.5) is 19.0 Å². The van der Waals surface area contributed by atoms with Gasteiger partial charge in [-0.3, -0.25) is 4.79 Å². The summed E-state index contributed by atoms with van der Waals surface area (Å²) >= 11 is 6.36. The number of quaternary nitrogens is 1. The van der Waals surface area contributed by atoms with E-state index in [4.69, 9.17) is 11.6 Å². The minimum atomic E-state index is -4.53. The maximum Gasteiger partial charge on any atom is 0.410 e. The highest BCUT2D eigenvalue weighted by molar-refractivity contribution is 6.36. The molecule has 10 heteroatoms. The Balaban J connectivity index is 1.80. The monoisotopic (exact) mass is 472 g/mol. The van der Waals surface area contributed by atoms with Crippen molar-refractivity contribution >= 4 is 23.3 Å². The first-order valence-corrected chi connectivity index (χ1v) is 11.3. The van der Waals surface area contributed by atoms with E-state index in [1.807, 2.05) is 19.1 Å². The fraction of sp³-hybridized carbons (Fsp3) is 0.545. The Morgan fingerprint density at radius 1 is 1.28 bits per heavy atom. The average Bonchev–Trinajstić information content (AvgIpc) is 3.09. The lowest BCUT2D eigenvalue weighted by Crippen LogP contribution is -3.11. The summed E-state index contributed by atoms with van der Waals surface area (Å²) in [5, 5.41) is 9.67. The molecule has 0 fully saturated rings. The Morgan fingerprint density at radius 2 is 1.94 bits per heavy atom. The first-order chi connectivity index (χ1) is 15.2. The summed E-state index contributed by atoms with van der Waals surface area (Å²) in [7, 11) is 0. The standard InChI is InChI=1S/C22H29ClF3N5O/c1-4-30(5-2)12-6-11-27-21(32)19-18(23)20-28-16(15-9-7-14(3)8-10-15)13-17(22(24,25)26)31(20)29-19/h7-10,16-17,28H,4-6,11-13H2,1-3H3,(H,27,32)/p+1/t16-,17+/m1/s1. The van der Waals surface area contributed by atoms with Crippen LogP contribution in [0, 0.1) is 6.92 Å². The van der Waals surface area contributed by atoms with Crippen molar-refractivity contribution in [3.8, 4) is 0 Å². The second kappa shape index (κ2) is 10.1. The SMILES string of the molecule is CC[NH+](CC)CCCNC(=O)c1nn2c(c1Cl)N[C@@H](c1ccc(C)cc1)C[C@H]2C(F)(F)F. The van der Waals surface area contributed by atoms with Gasteiger partial charge in [-0.25, -0.2) is 4.68 Å². The predicted molar refractivity (Wildman–Crippen MR) is 118 cm³/mol. The minimum Gasteiger partial charge on any atom is -0.362 e. The highest BCUT2D eigenvalue weighted by Crippen LogP contribution is 2.46. The number of nitrogens with zero attached hydrogens (tertiary/aromatic N) is 2. The van der Waals surface area contributed by atoms with Gasteiger partial charge in [0.15, 0.2) is 11.7 Å². The van der Waals surface area contributed by atoms with Crippen molar-refractivity contribution in [3.05, 3.63) is 46.1 Å². The first-order valence-electron chi connectivity index (χ1n) is 10.9. The molecule has 0 saturated heterocycles. The van der Waals surface area contributed by atoms with Crippen LogP contribution in [0.25, 0.3) is 0 Å². The number of anilines is 1. The number of halogens is 4. The van der Waals surface area contributed by atoms with Crippen molar-refractivity contribution in [2.75, 3.05) is 31.5 Å². The Kier molecular flexibility index (Phi) is 7.71. The zero-order valence-corrected chi connectivity index (χ0v) is 19.3. The molecular weight excluding hydrogens is 443 g/mol. The van der Waals surface area contributed by atoms with E-state index in [2.05, 4.69) is 29.6 Å². The van der Waals surface area contributed by atoms with Crippen LogP contribution in [0.2, 0.25) is 5.02 Å². The summed E-state index contributed by atoms with van der Waals surface area (Å²) in [5.74, 6) is -0.551. The number of aryl methyl sites for hydroxylation is 1. The normalized spacial score (nSPS) is 18.4. The van der Waals surface area contributed by atoms with E-state index in [1.54, 1.807) is 12.1 Å². The first kappa shape index (κ1) is 24.4. The van der Waals surface area contributed by atoms with Gasteiger partial charge in [0.25, 0.3) is 5.91 Å². The van der Waals surface area contributed by atoms with Gasteiger partial charge >= 0.3 is 6.18 Å². The molecule has 0 radical (unpaired) electrons. The zero-order valence-electron chi connectivity index (χ0n) is 18.5. The summed E-state index contributed by atoms with van der Waals surface area (Å²) < 4.78 is 42.4. The van der Waals surface area contributed by atoms with Crippen LogP contribution in [0.5, 0.6) is 0 Å². The third kappa shape index (κ3) is 5.38. The Bertz CT molecular complexity index is 925. The predicted octanol–water partition coefficient (Wildman–Crippen LogP) is 3.55. The molecule has 2 heterocycles. The maximum atomic E-state index is 13.9. The van der Waals surface area contributed by atoms with Gasteiger partial charge in [0.2, 0.25) is 0 Å². The molecule has 6 nitrogen and oxygen atoms in total. The molecule has 1 aliphatic rings. The average molecular weight is 473 g/mol. The van der Waals surface area contributed by atoms with E-state index in [0.717, 1.165) is 41.9 Å². The zero-order chi connectivity index (χ0) is 23.5. The summed E-state index contributed by atoms with van der Waals surface area (Å²) in [6.07, 6.45) is -4.02. The molecule has 32 heavy (non-hydrogen) atoms. The topological polar surface area (TPSA) is 63.4 Å². The van der Waals surface area contributed by atoms with Crippen LogP contribution in [0.1, 0.15) is 60.4 Å². The molecule has 1 aromatic carbocycles. The Morgan fingerprint density at radius 3 is 2.53 bits per heavy atom. The van der Waals surface area contributed by atoms with Gasteiger partial charge in [0, 0.05) is 19.4 Å². The molecule has 3 rings (SSSR count). The lowest BCUT2D eigenvalue weighted by Gasteiger charge is -2.33. The highest BCUT2D eigenvalue weighted by atomic mass is 35.5. The molecule has 0 bridgehead atoms. The smallest absolute Gasteiger partial charge is 0.362 e. The molecule has 1 aliphatic heterocycles. The van der Waals surface area contributed by atoms with E-state index < -0.39 is 24.2 Å². The number of hydrogen-bond donors (Lipinski definition) is 3. The molecule has 0 unspecified atom stereocenters. The lowest BCUT2D eigenvalue weighted by molar-refractivity contribution is -0.896. The second-order valence-electron chi connectivity index (χ2n) is 8.17. The van der Waals surface area contributed by atoms with E-state index in [9.17, 15) is 18.0 Å². The van der Waals surface area contributed by atoms with E-state index in [1.165, 1.54) is 4.90 Å². The van der Waals surface area contributed by atoms with Crippen LogP contribution in [0.3, 0.4) is 0 Å². The van der Waals surface area contributed by atoms with Gasteiger partial charge in [0.05, 0.1) is 25.7 Å². The number of aromatic nitrogens is 2. The molecule has 2 atom stereocenters. The lowest BCUT2D eigenvalue weighted by atomic mass is 9.96. The molecule has 0 saturated carbocycles. The van der Waals surface area contributed by atoms with E-state index in [0.29, 0.717) is 6.54 Å². The van der Waals surface area contributed by atoms with Gasteiger partial charge in [-0.05, 0) is 26.3 Å². The largest absolute Gasteiger partial charge is 0.410 e. The third-order valence-corrected chi connectivity index (χ3v) is 6.34. The number of hydrogen-bond acceptors (Lipinski definition) is 3. The fourth-order valence-corrected chi connectivity index (χ4v) is 4.24. The van der Waals surface area contributed by atoms with Crippen molar-refractivity contribution in [1.29, 1.82) is 0 Å². The van der Waals surface area contributed by atoms with Crippen molar-refractivity contribution < 1.29 is 22.9 Å². The molecule has 3 N–H and O–H groups in total. The van der Waals surface area contributed by atoms with Crippen LogP contribution >= 0.6 is 11.6 Å². The summed E-state index contributed by atoms with van der Waals surface area (Å²) in [4.78, 5) is 14.0. The van der Waals surface area contributed by atoms with E-state index in [-0.39, 0.29) is 23.0 Å². The van der Waals surface area contributed by atoms with Gasteiger partial charge in [0.1, 0.15) is 10.8 Å². The van der Waals surface area contributed by atoms with Crippen molar-refractivity contribution in [3.63, 3.8) is 0 Å². The van der Waals surface area contributed by atoms with E-state index >= 15 is 0 Å². The molecule has 176 valence electrons. The summed E-state index contributed by atoms with van der Waals surface area (Å²) in [5.41, 5.74) is 1.54. The number of amides is 1. The number of benzene rings is 1.